The van der Waals surface area contributed by atoms with E-state index in [0.717, 1.165) is 96.3 Å². The van der Waals surface area contributed by atoms with Crippen LogP contribution in [0.3, 0.4) is 0 Å². The molecule has 0 aromatic carbocycles. The van der Waals surface area contributed by atoms with Gasteiger partial charge in [0.25, 0.3) is 0 Å². The van der Waals surface area contributed by atoms with Crippen molar-refractivity contribution < 1.29 is 52.8 Å². The summed E-state index contributed by atoms with van der Waals surface area (Å²) in [5.41, 5.74) is 6.35. The SMILES string of the molecule is C1CCOC1.CC(C)(C)[S@](N)=O.CCC(=N[S@](=O)C(C)(C)C)c1cnc(S(C)(=O)=O)s1.CCC(=O)c1cnc(Br)s1.CCC(=O)c1cnc(S(C)(=O)=O)s1.CC[C@H](N)c1cnc(S(C)(=O)=O)s1.Cl.O=Cc1cnc(Br)s1. The number of nitrogens with zero attached hydrogens (tertiary/aromatic N) is 6. The van der Waals surface area contributed by atoms with E-state index in [-0.39, 0.29) is 47.8 Å². The highest BCUT2D eigenvalue weighted by molar-refractivity contribution is 9.11. The summed E-state index contributed by atoms with van der Waals surface area (Å²) in [7, 11) is -12.3. The van der Waals surface area contributed by atoms with Crippen LogP contribution in [0.15, 0.2) is 56.2 Å². The predicted molar refractivity (Wildman–Crippen MR) is 321 cm³/mol. The fourth-order valence-electron chi connectivity index (χ4n) is 4.02. The Hall–Kier alpha value is -1.89. The van der Waals surface area contributed by atoms with Crippen molar-refractivity contribution in [3.05, 3.63) is 63.2 Å². The van der Waals surface area contributed by atoms with Crippen LogP contribution in [0.2, 0.25) is 0 Å². The number of carbonyl (C=O) groups excluding carboxylic acids is 3. The standard InChI is InChI=1S/C11H18N2O3S3.C7H12N2O2S2.C7H9NO3S2.C6H6BrNOS.C4H2BrNOS.C4H11NOS.C4H8O.ClH/c1-6-8(13-18(14)11(2,3)4)9-7-12-10(17-9)19(5,15)16;1-3-5(8)6-4-9-7(12-6)13(2,10)11;1-3-5(9)6-4-8-7(12-6)13(2,10)11;1-2-4(9)5-3-8-6(7)10-5;5-4-6-1-3(2-7)8-4;1-4(2,3)7(5)6;1-2-4-5-3-1;/h7H,6H2,1-5H3;4-5H,3,8H2,1-2H3;4H,3H2,1-2H3;3H,2H2,1H3;1-2H;5H2,1-3H3;1-4H2;1H/t18-;5-;;;;7-;;/m10...1../s1. The number of ketones is 2. The van der Waals surface area contributed by atoms with Crippen molar-refractivity contribution in [2.75, 3.05) is 32.0 Å². The lowest BCUT2D eigenvalue weighted by molar-refractivity contribution is 0.0984. The van der Waals surface area contributed by atoms with Crippen LogP contribution in [0.4, 0.5) is 0 Å². The second-order valence-corrected chi connectivity index (χ2v) is 35.0. The van der Waals surface area contributed by atoms with Gasteiger partial charge in [0, 0.05) is 74.3 Å². The van der Waals surface area contributed by atoms with Crippen LogP contribution >= 0.6 is 101 Å². The molecule has 0 radical (unpaired) electrons. The van der Waals surface area contributed by atoms with Crippen LogP contribution in [-0.2, 0) is 56.2 Å². The van der Waals surface area contributed by atoms with Gasteiger partial charge in [-0.25, -0.2) is 58.6 Å². The van der Waals surface area contributed by atoms with E-state index in [0.29, 0.717) is 39.6 Å². The second-order valence-electron chi connectivity index (χ2n) is 17.0. The van der Waals surface area contributed by atoms with Crippen LogP contribution in [0.5, 0.6) is 0 Å². The number of rotatable bonds is 13. The van der Waals surface area contributed by atoms with E-state index in [2.05, 4.69) is 61.2 Å². The Morgan fingerprint density at radius 3 is 1.36 bits per heavy atom. The lowest BCUT2D eigenvalue weighted by Gasteiger charge is -2.14. The zero-order valence-corrected chi connectivity index (χ0v) is 56.3. The molecule has 0 amide bonds. The average Bonchev–Trinajstić information content (AvgIpc) is 4.18. The molecule has 6 rings (SSSR count). The fraction of sp³-hybridized carbons (Fsp3) is 0.558. The van der Waals surface area contributed by atoms with E-state index in [4.69, 9.17) is 15.6 Å². The molecule has 20 nitrogen and oxygen atoms in total. The normalized spacial score (nSPS) is 13.7. The fourth-order valence-corrected chi connectivity index (χ4v) is 12.6. The Morgan fingerprint density at radius 2 is 1.07 bits per heavy atom. The third-order valence-electron chi connectivity index (χ3n) is 8.28. The second kappa shape index (κ2) is 36.5. The molecule has 1 fully saturated rings. The van der Waals surface area contributed by atoms with Gasteiger partial charge in [0.15, 0.2) is 25.7 Å². The van der Waals surface area contributed by atoms with Gasteiger partial charge < -0.3 is 10.5 Å². The molecular formula is C43H67Br2ClN8O12S10. The maximum absolute atomic E-state index is 12.0. The van der Waals surface area contributed by atoms with E-state index in [1.165, 1.54) is 60.3 Å². The highest BCUT2D eigenvalue weighted by Gasteiger charge is 2.22. The Labute approximate surface area is 495 Å². The largest absolute Gasteiger partial charge is 0.381 e. The lowest BCUT2D eigenvalue weighted by atomic mass is 10.2. The topological polar surface area (TPSA) is 326 Å². The number of aldehydes is 1. The Morgan fingerprint density at radius 1 is 0.671 bits per heavy atom. The van der Waals surface area contributed by atoms with E-state index >= 15 is 0 Å². The molecule has 0 spiro atoms. The summed E-state index contributed by atoms with van der Waals surface area (Å²) >= 11 is 12.1. The molecule has 5 aromatic rings. The summed E-state index contributed by atoms with van der Waals surface area (Å²) in [6, 6.07) is -0.104. The molecule has 432 valence electrons. The molecule has 1 saturated heterocycles. The first kappa shape index (κ1) is 76.2. The van der Waals surface area contributed by atoms with Crippen molar-refractivity contribution in [2.24, 2.45) is 15.3 Å². The van der Waals surface area contributed by atoms with Gasteiger partial charge >= 0.3 is 0 Å². The molecule has 4 N–H and O–H groups in total. The van der Waals surface area contributed by atoms with Gasteiger partial charge in [-0.2, -0.15) is 4.40 Å². The molecular weight excluding hydrogens is 1340 g/mol. The molecule has 0 bridgehead atoms. The number of ether oxygens (including phenoxy) is 1. The third kappa shape index (κ3) is 31.2. The van der Waals surface area contributed by atoms with Crippen molar-refractivity contribution >= 4 is 176 Å². The first-order valence-corrected chi connectivity index (χ1v) is 35.8. The third-order valence-corrected chi connectivity index (χ3v) is 22.1. The first-order chi connectivity index (χ1) is 34.5. The van der Waals surface area contributed by atoms with E-state index in [9.17, 15) is 48.1 Å². The highest BCUT2D eigenvalue weighted by atomic mass is 79.9. The van der Waals surface area contributed by atoms with Gasteiger partial charge in [-0.1, -0.05) is 39.0 Å². The molecule has 6 heterocycles. The zero-order chi connectivity index (χ0) is 58.1. The van der Waals surface area contributed by atoms with Gasteiger partial charge in [-0.3, -0.25) is 19.5 Å². The zero-order valence-electron chi connectivity index (χ0n) is 44.2. The smallest absolute Gasteiger partial charge is 0.209 e. The Kier molecular flexibility index (Phi) is 36.5. The molecule has 0 saturated carbocycles. The summed E-state index contributed by atoms with van der Waals surface area (Å²) in [6.45, 7) is 20.4. The number of nitrogens with two attached hydrogens (primary N) is 2. The molecule has 1 aliphatic rings. The number of hydrogen-bond acceptors (Lipinski definition) is 23. The van der Waals surface area contributed by atoms with Crippen molar-refractivity contribution in [2.45, 2.75) is 136 Å². The molecule has 33 heteroatoms. The number of halogens is 3. The van der Waals surface area contributed by atoms with Gasteiger partial charge in [-0.15, -0.1) is 57.8 Å². The number of thiazole rings is 5. The molecule has 76 heavy (non-hydrogen) atoms. The average molecular weight is 1400 g/mol. The minimum atomic E-state index is -3.30. The van der Waals surface area contributed by atoms with Crippen LogP contribution in [0, 0.1) is 0 Å². The summed E-state index contributed by atoms with van der Waals surface area (Å²) < 4.78 is 99.4. The minimum absolute atomic E-state index is 0. The number of hydrogen-bond donors (Lipinski definition) is 2. The van der Waals surface area contributed by atoms with Gasteiger partial charge in [0.2, 0.25) is 42.5 Å². The molecule has 5 aromatic heterocycles. The van der Waals surface area contributed by atoms with E-state index in [1.54, 1.807) is 13.1 Å². The van der Waals surface area contributed by atoms with Crippen LogP contribution < -0.4 is 10.9 Å². The lowest BCUT2D eigenvalue weighted by Crippen LogP contribution is -2.27. The Bertz CT molecular complexity index is 2990. The van der Waals surface area contributed by atoms with Crippen LogP contribution in [-0.4, -0.2) is 124 Å². The van der Waals surface area contributed by atoms with Gasteiger partial charge in [-0.05, 0) is 99.1 Å². The predicted octanol–water partition coefficient (Wildman–Crippen LogP) is 10.1. The summed E-state index contributed by atoms with van der Waals surface area (Å²) in [5, 5.41) is 5.04. The molecule has 3 atom stereocenters. The van der Waals surface area contributed by atoms with Gasteiger partial charge in [0.05, 0.1) is 58.1 Å². The number of sulfone groups is 3. The maximum Gasteiger partial charge on any atom is 0.209 e. The summed E-state index contributed by atoms with van der Waals surface area (Å²) in [6.07, 6.45) is 16.4. The molecule has 0 aliphatic carbocycles. The maximum atomic E-state index is 12.0. The molecule has 0 unspecified atom stereocenters. The number of carbonyl (C=O) groups is 3. The Balaban J connectivity index is 0. The number of Topliss-reactive ketones (excluding diaryl/α,β-unsaturated/α-hetero) is 2. The van der Waals surface area contributed by atoms with Crippen molar-refractivity contribution in [1.29, 1.82) is 0 Å². The summed E-state index contributed by atoms with van der Waals surface area (Å²) in [5.74, 6) is 0.0793. The van der Waals surface area contributed by atoms with Gasteiger partial charge in [0.1, 0.15) is 11.0 Å². The van der Waals surface area contributed by atoms with Crippen molar-refractivity contribution in [3.63, 3.8) is 0 Å². The van der Waals surface area contributed by atoms with E-state index < -0.39 is 56.2 Å². The minimum Gasteiger partial charge on any atom is -0.381 e. The first-order valence-electron chi connectivity index (χ1n) is 22.2. The highest BCUT2D eigenvalue weighted by Crippen LogP contribution is 2.25. The quantitative estimate of drug-likeness (QED) is 0.0628. The van der Waals surface area contributed by atoms with Crippen LogP contribution in [0.1, 0.15) is 153 Å². The molecule has 1 aliphatic heterocycles. The summed E-state index contributed by atoms with van der Waals surface area (Å²) in [4.78, 5) is 54.4. The number of aromatic nitrogens is 5. The monoisotopic (exact) mass is 1400 g/mol. The van der Waals surface area contributed by atoms with Crippen molar-refractivity contribution in [1.82, 2.24) is 24.9 Å². The van der Waals surface area contributed by atoms with Crippen LogP contribution in [0.25, 0.3) is 0 Å². The van der Waals surface area contributed by atoms with Crippen molar-refractivity contribution in [3.8, 4) is 0 Å². The van der Waals surface area contributed by atoms with E-state index in [1.807, 2.05) is 62.3 Å².